The van der Waals surface area contributed by atoms with Gasteiger partial charge in [0.25, 0.3) is 0 Å². The van der Waals surface area contributed by atoms with Crippen molar-refractivity contribution in [2.45, 2.75) is 17.0 Å². The van der Waals surface area contributed by atoms with Gasteiger partial charge in [-0.2, -0.15) is 0 Å². The Labute approximate surface area is 147 Å². The van der Waals surface area contributed by atoms with Crippen LogP contribution in [0.25, 0.3) is 21.8 Å². The first kappa shape index (κ1) is 15.4. The molecule has 5 nitrogen and oxygen atoms in total. The number of aliphatic hydroxyl groups is 1. The van der Waals surface area contributed by atoms with Crippen LogP contribution in [-0.2, 0) is 6.54 Å². The average Bonchev–Trinajstić information content (AvgIpc) is 3.16. The Morgan fingerprint density at radius 2 is 1.67 bits per heavy atom. The molecular weight excluding hydrogens is 340 g/mol. The molecule has 0 saturated carbocycles. The van der Waals surface area contributed by atoms with Crippen molar-refractivity contribution < 1.29 is 5.11 Å². The van der Waals surface area contributed by atoms with Gasteiger partial charge in [-0.15, -0.1) is 10.2 Å². The topological polar surface area (TPSA) is 77.0 Å². The highest BCUT2D eigenvalue weighted by Crippen LogP contribution is 2.30. The lowest BCUT2D eigenvalue weighted by atomic mass is 10.2. The molecule has 0 radical (unpaired) electrons. The smallest absolute Gasteiger partial charge is 0.203 e. The molecule has 0 saturated heterocycles. The van der Waals surface area contributed by atoms with E-state index in [2.05, 4.69) is 39.0 Å². The number of nitrogens with zero attached hydrogens (tertiary/aromatic N) is 3. The number of rotatable bonds is 5. The van der Waals surface area contributed by atoms with Crippen LogP contribution in [0.2, 0.25) is 0 Å². The van der Waals surface area contributed by atoms with Gasteiger partial charge in [-0.25, -0.2) is 0 Å². The Morgan fingerprint density at radius 3 is 2.25 bits per heavy atom. The van der Waals surface area contributed by atoms with Gasteiger partial charge in [0.2, 0.25) is 5.13 Å². The summed E-state index contributed by atoms with van der Waals surface area (Å²) in [5.74, 6) is 0.551. The molecule has 0 aliphatic rings. The maximum absolute atomic E-state index is 10.5. The number of para-hydroxylation sites is 2. The summed E-state index contributed by atoms with van der Waals surface area (Å²) in [6.07, 6.45) is -0.487. The van der Waals surface area contributed by atoms with Crippen LogP contribution in [0.4, 0.5) is 5.13 Å². The second-order valence-electron chi connectivity index (χ2n) is 5.52. The Bertz CT molecular complexity index is 941. The van der Waals surface area contributed by atoms with Crippen molar-refractivity contribution in [3.8, 4) is 0 Å². The van der Waals surface area contributed by atoms with E-state index < -0.39 is 6.10 Å². The lowest BCUT2D eigenvalue weighted by molar-refractivity contribution is 0.181. The third-order valence-electron chi connectivity index (χ3n) is 3.89. The molecule has 0 amide bonds. The van der Waals surface area contributed by atoms with Crippen LogP contribution in [0.15, 0.2) is 52.9 Å². The van der Waals surface area contributed by atoms with Crippen LogP contribution in [0.1, 0.15) is 0 Å². The SMILES string of the molecule is Nc1nnc(SC[C@@H](O)Cn2c3ccccc3c3ccccc32)s1. The fraction of sp³-hybridized carbons (Fsp3) is 0.176. The molecule has 0 bridgehead atoms. The Hall–Kier alpha value is -2.09. The van der Waals surface area contributed by atoms with Crippen molar-refractivity contribution in [3.63, 3.8) is 0 Å². The molecule has 0 fully saturated rings. The molecule has 4 aromatic rings. The van der Waals surface area contributed by atoms with Gasteiger partial charge >= 0.3 is 0 Å². The Morgan fingerprint density at radius 1 is 1.04 bits per heavy atom. The largest absolute Gasteiger partial charge is 0.390 e. The number of benzene rings is 2. The zero-order valence-corrected chi connectivity index (χ0v) is 14.4. The van der Waals surface area contributed by atoms with Gasteiger partial charge in [0, 0.05) is 27.6 Å². The third-order valence-corrected chi connectivity index (χ3v) is 5.93. The molecule has 3 N–H and O–H groups in total. The van der Waals surface area contributed by atoms with E-state index in [0.717, 1.165) is 15.4 Å². The first-order valence-corrected chi connectivity index (χ1v) is 9.38. The number of aliphatic hydroxyl groups excluding tert-OH is 1. The van der Waals surface area contributed by atoms with Crippen LogP contribution >= 0.6 is 23.1 Å². The summed E-state index contributed by atoms with van der Waals surface area (Å²) in [7, 11) is 0. The van der Waals surface area contributed by atoms with E-state index in [1.54, 1.807) is 0 Å². The van der Waals surface area contributed by atoms with Gasteiger partial charge in [0.05, 0.1) is 12.6 Å². The highest BCUT2D eigenvalue weighted by molar-refractivity contribution is 8.01. The van der Waals surface area contributed by atoms with Crippen molar-refractivity contribution in [1.29, 1.82) is 0 Å². The Kier molecular flexibility index (Phi) is 4.13. The van der Waals surface area contributed by atoms with E-state index in [-0.39, 0.29) is 0 Å². The number of hydrogen-bond donors (Lipinski definition) is 2. The van der Waals surface area contributed by atoms with E-state index >= 15 is 0 Å². The first-order valence-electron chi connectivity index (χ1n) is 7.58. The fourth-order valence-corrected chi connectivity index (χ4v) is 4.49. The summed E-state index contributed by atoms with van der Waals surface area (Å²) in [6.45, 7) is 0.537. The summed E-state index contributed by atoms with van der Waals surface area (Å²) < 4.78 is 2.97. The monoisotopic (exact) mass is 356 g/mol. The number of thioether (sulfide) groups is 1. The predicted molar refractivity (Wildman–Crippen MR) is 100 cm³/mol. The molecule has 0 unspecified atom stereocenters. The molecular formula is C17H16N4OS2. The van der Waals surface area contributed by atoms with Crippen LogP contribution in [0, 0.1) is 0 Å². The van der Waals surface area contributed by atoms with E-state index in [9.17, 15) is 5.11 Å². The van der Waals surface area contributed by atoms with Crippen LogP contribution in [-0.4, -0.2) is 31.7 Å². The quantitative estimate of drug-likeness (QED) is 0.536. The predicted octanol–water partition coefficient (Wildman–Crippen LogP) is 3.38. The van der Waals surface area contributed by atoms with Crippen LogP contribution in [0.3, 0.4) is 0 Å². The first-order chi connectivity index (χ1) is 11.7. The van der Waals surface area contributed by atoms with Gasteiger partial charge in [-0.1, -0.05) is 59.5 Å². The van der Waals surface area contributed by atoms with Crippen molar-refractivity contribution in [3.05, 3.63) is 48.5 Å². The zero-order chi connectivity index (χ0) is 16.5. The number of nitrogen functional groups attached to an aromatic ring is 1. The molecule has 0 aliphatic carbocycles. The Balaban J connectivity index is 1.61. The molecule has 0 spiro atoms. The minimum absolute atomic E-state index is 0.453. The van der Waals surface area contributed by atoms with Gasteiger partial charge in [0.1, 0.15) is 0 Å². The van der Waals surface area contributed by atoms with Gasteiger partial charge in [-0.3, -0.25) is 0 Å². The minimum Gasteiger partial charge on any atom is -0.390 e. The summed E-state index contributed by atoms with van der Waals surface area (Å²) in [5.41, 5.74) is 7.87. The van der Waals surface area contributed by atoms with Gasteiger partial charge in [-0.05, 0) is 12.1 Å². The standard InChI is InChI=1S/C17H16N4OS2/c18-16-19-20-17(24-16)23-10-11(22)9-21-14-7-3-1-5-12(14)13-6-2-4-8-15(13)21/h1-8,11,22H,9-10H2,(H2,18,19)/t11-/m0/s1. The minimum atomic E-state index is -0.487. The van der Waals surface area contributed by atoms with Crippen molar-refractivity contribution in [2.75, 3.05) is 11.5 Å². The highest BCUT2D eigenvalue weighted by Gasteiger charge is 2.14. The average molecular weight is 356 g/mol. The number of nitrogens with two attached hydrogens (primary N) is 1. The van der Waals surface area contributed by atoms with Gasteiger partial charge in [0.15, 0.2) is 4.34 Å². The molecule has 1 atom stereocenters. The van der Waals surface area contributed by atoms with Crippen molar-refractivity contribution in [1.82, 2.24) is 14.8 Å². The van der Waals surface area contributed by atoms with Crippen LogP contribution < -0.4 is 5.73 Å². The maximum Gasteiger partial charge on any atom is 0.203 e. The van der Waals surface area contributed by atoms with E-state index in [1.807, 2.05) is 24.3 Å². The summed E-state index contributed by atoms with van der Waals surface area (Å²) in [5, 5.41) is 21.1. The van der Waals surface area contributed by atoms with E-state index in [0.29, 0.717) is 17.4 Å². The second-order valence-corrected chi connectivity index (χ2v) is 7.79. The number of anilines is 1. The molecule has 0 aliphatic heterocycles. The van der Waals surface area contributed by atoms with Crippen molar-refractivity contribution in [2.24, 2.45) is 0 Å². The summed E-state index contributed by atoms with van der Waals surface area (Å²) >= 11 is 2.83. The lowest BCUT2D eigenvalue weighted by Gasteiger charge is -2.13. The molecule has 2 aromatic heterocycles. The molecule has 2 aromatic carbocycles. The van der Waals surface area contributed by atoms with Crippen LogP contribution in [0.5, 0.6) is 0 Å². The normalized spacial score (nSPS) is 12.9. The van der Waals surface area contributed by atoms with E-state index in [4.69, 9.17) is 5.73 Å². The maximum atomic E-state index is 10.5. The van der Waals surface area contributed by atoms with E-state index in [1.165, 1.54) is 33.9 Å². The molecule has 24 heavy (non-hydrogen) atoms. The van der Waals surface area contributed by atoms with Gasteiger partial charge < -0.3 is 15.4 Å². The lowest BCUT2D eigenvalue weighted by Crippen LogP contribution is -2.18. The molecule has 122 valence electrons. The highest BCUT2D eigenvalue weighted by atomic mass is 32.2. The second kappa shape index (κ2) is 6.43. The van der Waals surface area contributed by atoms with Crippen molar-refractivity contribution >= 4 is 50.0 Å². The molecule has 2 heterocycles. The number of hydrogen-bond acceptors (Lipinski definition) is 6. The molecule has 7 heteroatoms. The molecule has 4 rings (SSSR count). The zero-order valence-electron chi connectivity index (χ0n) is 12.8. The number of fused-ring (bicyclic) bond motifs is 3. The summed E-state index contributed by atoms with van der Waals surface area (Å²) in [4.78, 5) is 0. The summed E-state index contributed by atoms with van der Waals surface area (Å²) in [6, 6.07) is 16.6. The number of aromatic nitrogens is 3. The fourth-order valence-electron chi connectivity index (χ4n) is 2.91. The third kappa shape index (κ3) is 2.86.